The maximum absolute atomic E-state index is 12.2. The number of carbonyl (C=O) groups excluding carboxylic acids is 1. The molecule has 3 rings (SSSR count). The van der Waals surface area contributed by atoms with Crippen LogP contribution in [0.2, 0.25) is 0 Å². The molecule has 0 amide bonds. The standard InChI is InChI=1S/C18H19NO2/c1-13-7-8-15-11-19-17(10-16(15)9-13)18(20)21-12-14-5-3-2-4-6-14/h2-9,17,19H,10-12H2,1H3/t17-/m0/s1. The second-order valence-electron chi connectivity index (χ2n) is 5.50. The van der Waals surface area contributed by atoms with Gasteiger partial charge in [-0.2, -0.15) is 0 Å². The molecule has 0 aromatic heterocycles. The molecule has 3 heteroatoms. The van der Waals surface area contributed by atoms with Crippen molar-refractivity contribution >= 4 is 5.97 Å². The lowest BCUT2D eigenvalue weighted by Crippen LogP contribution is -2.42. The summed E-state index contributed by atoms with van der Waals surface area (Å²) in [5.41, 5.74) is 4.76. The van der Waals surface area contributed by atoms with E-state index in [1.165, 1.54) is 16.7 Å². The zero-order valence-corrected chi connectivity index (χ0v) is 12.1. The van der Waals surface area contributed by atoms with E-state index < -0.39 is 0 Å². The molecule has 0 radical (unpaired) electrons. The SMILES string of the molecule is Cc1ccc2c(c1)C[C@@H](C(=O)OCc1ccccc1)NC2. The number of carbonyl (C=O) groups is 1. The second kappa shape index (κ2) is 6.10. The molecule has 1 atom stereocenters. The van der Waals surface area contributed by atoms with Crippen LogP contribution in [0, 0.1) is 6.92 Å². The van der Waals surface area contributed by atoms with Crippen molar-refractivity contribution in [3.8, 4) is 0 Å². The summed E-state index contributed by atoms with van der Waals surface area (Å²) in [5, 5.41) is 3.26. The summed E-state index contributed by atoms with van der Waals surface area (Å²) in [6, 6.07) is 15.9. The average molecular weight is 281 g/mol. The van der Waals surface area contributed by atoms with Gasteiger partial charge in [-0.25, -0.2) is 0 Å². The van der Waals surface area contributed by atoms with Gasteiger partial charge >= 0.3 is 5.97 Å². The van der Waals surface area contributed by atoms with Gasteiger partial charge in [-0.1, -0.05) is 54.1 Å². The predicted octanol–water partition coefficient (Wildman–Crippen LogP) is 2.75. The molecule has 0 saturated carbocycles. The zero-order chi connectivity index (χ0) is 14.7. The predicted molar refractivity (Wildman–Crippen MR) is 81.7 cm³/mol. The number of esters is 1. The molecule has 0 aliphatic carbocycles. The van der Waals surface area contributed by atoms with Crippen molar-refractivity contribution in [1.29, 1.82) is 0 Å². The summed E-state index contributed by atoms with van der Waals surface area (Å²) in [5.74, 6) is -0.175. The van der Waals surface area contributed by atoms with Crippen molar-refractivity contribution in [1.82, 2.24) is 5.32 Å². The quantitative estimate of drug-likeness (QED) is 0.879. The van der Waals surface area contributed by atoms with E-state index in [4.69, 9.17) is 4.74 Å². The van der Waals surface area contributed by atoms with Crippen molar-refractivity contribution in [3.05, 3.63) is 70.8 Å². The fourth-order valence-corrected chi connectivity index (χ4v) is 2.64. The van der Waals surface area contributed by atoms with E-state index in [9.17, 15) is 4.79 Å². The number of hydrogen-bond donors (Lipinski definition) is 1. The lowest BCUT2D eigenvalue weighted by Gasteiger charge is -2.25. The smallest absolute Gasteiger partial charge is 0.323 e. The molecular formula is C18H19NO2. The van der Waals surface area contributed by atoms with Gasteiger partial charge in [0.05, 0.1) is 0 Å². The Morgan fingerprint density at radius 3 is 2.81 bits per heavy atom. The van der Waals surface area contributed by atoms with Gasteiger partial charge in [0.25, 0.3) is 0 Å². The average Bonchev–Trinajstić information content (AvgIpc) is 2.53. The van der Waals surface area contributed by atoms with Gasteiger partial charge in [0.2, 0.25) is 0 Å². The summed E-state index contributed by atoms with van der Waals surface area (Å²) in [4.78, 5) is 12.2. The highest BCUT2D eigenvalue weighted by atomic mass is 16.5. The molecule has 0 unspecified atom stereocenters. The Morgan fingerprint density at radius 2 is 2.00 bits per heavy atom. The van der Waals surface area contributed by atoms with Gasteiger partial charge in [0.15, 0.2) is 0 Å². The van der Waals surface area contributed by atoms with Crippen LogP contribution < -0.4 is 5.32 Å². The molecular weight excluding hydrogens is 262 g/mol. The Morgan fingerprint density at radius 1 is 1.19 bits per heavy atom. The third-order valence-corrected chi connectivity index (χ3v) is 3.83. The van der Waals surface area contributed by atoms with E-state index >= 15 is 0 Å². The lowest BCUT2D eigenvalue weighted by molar-refractivity contribution is -0.147. The van der Waals surface area contributed by atoms with Crippen LogP contribution >= 0.6 is 0 Å². The third-order valence-electron chi connectivity index (χ3n) is 3.83. The molecule has 1 heterocycles. The summed E-state index contributed by atoms with van der Waals surface area (Å²) in [6.45, 7) is 3.13. The summed E-state index contributed by atoms with van der Waals surface area (Å²) in [6.07, 6.45) is 0.699. The highest BCUT2D eigenvalue weighted by Gasteiger charge is 2.25. The number of ether oxygens (including phenoxy) is 1. The van der Waals surface area contributed by atoms with Crippen molar-refractivity contribution in [2.45, 2.75) is 32.5 Å². The number of nitrogens with one attached hydrogen (secondary N) is 1. The van der Waals surface area contributed by atoms with Crippen LogP contribution in [0.15, 0.2) is 48.5 Å². The van der Waals surface area contributed by atoms with Gasteiger partial charge < -0.3 is 10.1 Å². The summed E-state index contributed by atoms with van der Waals surface area (Å²) >= 11 is 0. The first kappa shape index (κ1) is 13.8. The van der Waals surface area contributed by atoms with Crippen LogP contribution in [0.3, 0.4) is 0 Å². The number of fused-ring (bicyclic) bond motifs is 1. The molecule has 21 heavy (non-hydrogen) atoms. The minimum Gasteiger partial charge on any atom is -0.460 e. The van der Waals surface area contributed by atoms with Crippen molar-refractivity contribution in [2.75, 3.05) is 0 Å². The highest BCUT2D eigenvalue weighted by molar-refractivity contribution is 5.76. The lowest BCUT2D eigenvalue weighted by atomic mass is 9.94. The molecule has 108 valence electrons. The van der Waals surface area contributed by atoms with Gasteiger partial charge in [-0.15, -0.1) is 0 Å². The van der Waals surface area contributed by atoms with Crippen LogP contribution in [0.1, 0.15) is 22.3 Å². The first-order valence-electron chi connectivity index (χ1n) is 7.25. The van der Waals surface area contributed by atoms with E-state index in [1.807, 2.05) is 30.3 Å². The van der Waals surface area contributed by atoms with Gasteiger partial charge in [0, 0.05) is 6.54 Å². The molecule has 1 aliphatic rings. The minimum atomic E-state index is -0.247. The maximum atomic E-state index is 12.2. The van der Waals surface area contributed by atoms with Crippen molar-refractivity contribution < 1.29 is 9.53 Å². The monoisotopic (exact) mass is 281 g/mol. The summed E-state index contributed by atoms with van der Waals surface area (Å²) in [7, 11) is 0. The Kier molecular flexibility index (Phi) is 4.02. The van der Waals surface area contributed by atoms with E-state index in [0.717, 1.165) is 12.1 Å². The Labute approximate surface area is 124 Å². The molecule has 2 aromatic carbocycles. The largest absolute Gasteiger partial charge is 0.460 e. The summed E-state index contributed by atoms with van der Waals surface area (Å²) < 4.78 is 5.41. The molecule has 3 nitrogen and oxygen atoms in total. The number of benzene rings is 2. The van der Waals surface area contributed by atoms with E-state index in [1.54, 1.807) is 0 Å². The number of rotatable bonds is 3. The van der Waals surface area contributed by atoms with E-state index in [0.29, 0.717) is 13.0 Å². The maximum Gasteiger partial charge on any atom is 0.323 e. The van der Waals surface area contributed by atoms with Crippen LogP contribution in [0.5, 0.6) is 0 Å². The second-order valence-corrected chi connectivity index (χ2v) is 5.50. The van der Waals surface area contributed by atoms with Gasteiger partial charge in [-0.3, -0.25) is 4.79 Å². The molecule has 0 fully saturated rings. The topological polar surface area (TPSA) is 38.3 Å². The fourth-order valence-electron chi connectivity index (χ4n) is 2.64. The van der Waals surface area contributed by atoms with E-state index in [-0.39, 0.29) is 12.0 Å². The van der Waals surface area contributed by atoms with Crippen LogP contribution in [-0.4, -0.2) is 12.0 Å². The minimum absolute atomic E-state index is 0.175. The van der Waals surface area contributed by atoms with Crippen LogP contribution in [0.4, 0.5) is 0 Å². The molecule has 1 aliphatic heterocycles. The Balaban J connectivity index is 1.61. The molecule has 0 spiro atoms. The number of hydrogen-bond acceptors (Lipinski definition) is 3. The highest BCUT2D eigenvalue weighted by Crippen LogP contribution is 2.19. The molecule has 1 N–H and O–H groups in total. The first-order valence-corrected chi connectivity index (χ1v) is 7.25. The van der Waals surface area contributed by atoms with Gasteiger partial charge in [-0.05, 0) is 30.0 Å². The van der Waals surface area contributed by atoms with Crippen molar-refractivity contribution in [2.24, 2.45) is 0 Å². The first-order chi connectivity index (χ1) is 10.2. The molecule has 2 aromatic rings. The Hall–Kier alpha value is -2.13. The van der Waals surface area contributed by atoms with Crippen molar-refractivity contribution in [3.63, 3.8) is 0 Å². The van der Waals surface area contributed by atoms with Crippen LogP contribution in [-0.2, 0) is 29.1 Å². The fraction of sp³-hybridized carbons (Fsp3) is 0.278. The molecule has 0 bridgehead atoms. The Bertz CT molecular complexity index is 637. The third kappa shape index (κ3) is 3.31. The normalized spacial score (nSPS) is 17.1. The number of aryl methyl sites for hydroxylation is 1. The van der Waals surface area contributed by atoms with Crippen LogP contribution in [0.25, 0.3) is 0 Å². The molecule has 0 saturated heterocycles. The zero-order valence-electron chi connectivity index (χ0n) is 12.1. The van der Waals surface area contributed by atoms with Gasteiger partial charge in [0.1, 0.15) is 12.6 Å². The van der Waals surface area contributed by atoms with E-state index in [2.05, 4.69) is 30.4 Å².